The third-order valence-electron chi connectivity index (χ3n) is 3.64. The van der Waals surface area contributed by atoms with Crippen molar-refractivity contribution in [3.8, 4) is 0 Å². The lowest BCUT2D eigenvalue weighted by Gasteiger charge is -2.12. The topological polar surface area (TPSA) is 79.2 Å². The molecule has 3 aromatic rings. The Bertz CT molecular complexity index is 874. The van der Waals surface area contributed by atoms with Crippen molar-refractivity contribution in [3.05, 3.63) is 54.3 Å². The van der Waals surface area contributed by atoms with Crippen molar-refractivity contribution in [1.29, 1.82) is 0 Å². The first-order valence-electron chi connectivity index (χ1n) is 7.95. The molecule has 0 bridgehead atoms. The van der Waals surface area contributed by atoms with Crippen LogP contribution in [-0.4, -0.2) is 33.2 Å². The molecular formula is C18H19FN4O2. The van der Waals surface area contributed by atoms with Crippen molar-refractivity contribution in [2.75, 3.05) is 17.2 Å². The molecule has 3 N–H and O–H groups in total. The normalized spacial score (nSPS) is 12.1. The van der Waals surface area contributed by atoms with Crippen molar-refractivity contribution in [2.24, 2.45) is 0 Å². The van der Waals surface area contributed by atoms with E-state index in [1.807, 2.05) is 24.3 Å². The van der Waals surface area contributed by atoms with Gasteiger partial charge in [-0.2, -0.15) is 0 Å². The molecule has 3 rings (SSSR count). The fraction of sp³-hybridized carbons (Fsp3) is 0.222. The third kappa shape index (κ3) is 4.13. The van der Waals surface area contributed by atoms with Crippen LogP contribution < -0.4 is 10.6 Å². The predicted molar refractivity (Wildman–Crippen MR) is 94.9 cm³/mol. The minimum atomic E-state index is -0.540. The van der Waals surface area contributed by atoms with E-state index in [1.54, 1.807) is 11.5 Å². The summed E-state index contributed by atoms with van der Waals surface area (Å²) in [6, 6.07) is 13.1. The summed E-state index contributed by atoms with van der Waals surface area (Å²) in [5.41, 5.74) is 2.09. The summed E-state index contributed by atoms with van der Waals surface area (Å²) >= 11 is 0. The van der Waals surface area contributed by atoms with Crippen LogP contribution in [0, 0.1) is 5.82 Å². The molecule has 2 aromatic carbocycles. The van der Waals surface area contributed by atoms with Gasteiger partial charge in [-0.25, -0.2) is 9.37 Å². The number of halogens is 1. The summed E-state index contributed by atoms with van der Waals surface area (Å²) in [5.74, 6) is -0.102. The number of anilines is 2. The molecule has 0 fully saturated rings. The summed E-state index contributed by atoms with van der Waals surface area (Å²) < 4.78 is 14.7. The first-order chi connectivity index (χ1) is 12.0. The summed E-state index contributed by atoms with van der Waals surface area (Å²) in [6.45, 7) is 2.03. The summed E-state index contributed by atoms with van der Waals surface area (Å²) in [6.07, 6.45) is -0.540. The number of amides is 1. The molecule has 0 aliphatic heterocycles. The van der Waals surface area contributed by atoms with Crippen LogP contribution in [0.25, 0.3) is 11.0 Å². The average Bonchev–Trinajstić information content (AvgIpc) is 2.93. The fourth-order valence-electron chi connectivity index (χ4n) is 2.49. The number of para-hydroxylation sites is 2. The molecule has 7 heteroatoms. The van der Waals surface area contributed by atoms with Crippen LogP contribution in [0.4, 0.5) is 16.0 Å². The van der Waals surface area contributed by atoms with E-state index in [-0.39, 0.29) is 18.3 Å². The number of aromatic nitrogens is 2. The van der Waals surface area contributed by atoms with Gasteiger partial charge in [-0.1, -0.05) is 12.1 Å². The van der Waals surface area contributed by atoms with Crippen LogP contribution in [0.15, 0.2) is 48.5 Å². The number of carbonyl (C=O) groups excluding carboxylic acids is 1. The zero-order valence-corrected chi connectivity index (χ0v) is 13.7. The molecule has 0 aliphatic carbocycles. The minimum Gasteiger partial charge on any atom is -0.392 e. The van der Waals surface area contributed by atoms with Gasteiger partial charge in [-0.05, 0) is 43.3 Å². The van der Waals surface area contributed by atoms with Crippen LogP contribution >= 0.6 is 0 Å². The Kier molecular flexibility index (Phi) is 4.95. The maximum atomic E-state index is 13.0. The van der Waals surface area contributed by atoms with Gasteiger partial charge in [0.15, 0.2) is 0 Å². The van der Waals surface area contributed by atoms with Crippen LogP contribution in [0.2, 0.25) is 0 Å². The van der Waals surface area contributed by atoms with Gasteiger partial charge in [-0.3, -0.25) is 4.79 Å². The lowest BCUT2D eigenvalue weighted by atomic mass is 10.3. The van der Waals surface area contributed by atoms with E-state index in [1.165, 1.54) is 24.3 Å². The lowest BCUT2D eigenvalue weighted by Crippen LogP contribution is -2.22. The second kappa shape index (κ2) is 7.31. The molecule has 130 valence electrons. The fourth-order valence-corrected chi connectivity index (χ4v) is 2.49. The van der Waals surface area contributed by atoms with Crippen LogP contribution in [0.1, 0.15) is 6.92 Å². The number of rotatable bonds is 6. The number of hydrogen-bond acceptors (Lipinski definition) is 4. The lowest BCUT2D eigenvalue weighted by molar-refractivity contribution is -0.116. The molecule has 0 aliphatic rings. The molecule has 6 nitrogen and oxygen atoms in total. The molecule has 0 saturated heterocycles. The zero-order chi connectivity index (χ0) is 17.8. The number of aliphatic hydroxyl groups excluding tert-OH is 1. The minimum absolute atomic E-state index is 0.0417. The quantitative estimate of drug-likeness (QED) is 0.643. The number of nitrogens with zero attached hydrogens (tertiary/aromatic N) is 2. The maximum absolute atomic E-state index is 13.0. The number of imidazole rings is 1. The SMILES string of the molecule is CC(O)CNc1nc2ccccc2n1CC(=O)Nc1ccc(F)cc1. The number of benzene rings is 2. The summed E-state index contributed by atoms with van der Waals surface area (Å²) in [7, 11) is 0. The second-order valence-corrected chi connectivity index (χ2v) is 5.80. The molecule has 0 radical (unpaired) electrons. The molecule has 1 heterocycles. The van der Waals surface area contributed by atoms with Gasteiger partial charge in [0.25, 0.3) is 0 Å². The Hall–Kier alpha value is -2.93. The molecule has 1 unspecified atom stereocenters. The van der Waals surface area contributed by atoms with Gasteiger partial charge < -0.3 is 20.3 Å². The maximum Gasteiger partial charge on any atom is 0.244 e. The smallest absolute Gasteiger partial charge is 0.244 e. The Morgan fingerprint density at radius 2 is 1.96 bits per heavy atom. The van der Waals surface area contributed by atoms with Crippen molar-refractivity contribution in [2.45, 2.75) is 19.6 Å². The van der Waals surface area contributed by atoms with Gasteiger partial charge >= 0.3 is 0 Å². The largest absolute Gasteiger partial charge is 0.392 e. The van der Waals surface area contributed by atoms with Gasteiger partial charge in [0.05, 0.1) is 17.1 Å². The van der Waals surface area contributed by atoms with E-state index in [9.17, 15) is 14.3 Å². The van der Waals surface area contributed by atoms with Crippen LogP contribution in [0.3, 0.4) is 0 Å². The Balaban J connectivity index is 1.82. The molecule has 0 spiro atoms. The zero-order valence-electron chi connectivity index (χ0n) is 13.7. The summed E-state index contributed by atoms with van der Waals surface area (Å²) in [5, 5.41) is 15.3. The molecule has 1 aromatic heterocycles. The van der Waals surface area contributed by atoms with E-state index in [0.29, 0.717) is 18.2 Å². The first-order valence-corrected chi connectivity index (χ1v) is 7.95. The van der Waals surface area contributed by atoms with E-state index < -0.39 is 6.10 Å². The van der Waals surface area contributed by atoms with Crippen molar-refractivity contribution in [3.63, 3.8) is 0 Å². The van der Waals surface area contributed by atoms with Crippen molar-refractivity contribution < 1.29 is 14.3 Å². The number of hydrogen-bond donors (Lipinski definition) is 3. The number of nitrogens with one attached hydrogen (secondary N) is 2. The number of fused-ring (bicyclic) bond motifs is 1. The highest BCUT2D eigenvalue weighted by Crippen LogP contribution is 2.20. The molecule has 25 heavy (non-hydrogen) atoms. The molecule has 0 saturated carbocycles. The molecule has 1 amide bonds. The first kappa shape index (κ1) is 16.9. The summed E-state index contributed by atoms with van der Waals surface area (Å²) in [4.78, 5) is 16.8. The highest BCUT2D eigenvalue weighted by Gasteiger charge is 2.14. The van der Waals surface area contributed by atoms with Gasteiger partial charge in [-0.15, -0.1) is 0 Å². The Labute approximate surface area is 144 Å². The Morgan fingerprint density at radius 3 is 2.68 bits per heavy atom. The highest BCUT2D eigenvalue weighted by atomic mass is 19.1. The number of aliphatic hydroxyl groups is 1. The number of carbonyl (C=O) groups is 1. The molecule has 1 atom stereocenters. The van der Waals surface area contributed by atoms with E-state index in [4.69, 9.17) is 0 Å². The van der Waals surface area contributed by atoms with Crippen molar-refractivity contribution in [1.82, 2.24) is 9.55 Å². The predicted octanol–water partition coefficient (Wildman–Crippen LogP) is 2.61. The van der Waals surface area contributed by atoms with Crippen LogP contribution in [-0.2, 0) is 11.3 Å². The average molecular weight is 342 g/mol. The third-order valence-corrected chi connectivity index (χ3v) is 3.64. The van der Waals surface area contributed by atoms with Gasteiger partial charge in [0, 0.05) is 12.2 Å². The van der Waals surface area contributed by atoms with Gasteiger partial charge in [0.2, 0.25) is 11.9 Å². The van der Waals surface area contributed by atoms with Crippen molar-refractivity contribution >= 4 is 28.6 Å². The highest BCUT2D eigenvalue weighted by molar-refractivity contribution is 5.92. The standard InChI is InChI=1S/C18H19FN4O2/c1-12(24)10-20-18-22-15-4-2-3-5-16(15)23(18)11-17(25)21-14-8-6-13(19)7-9-14/h2-9,12,24H,10-11H2,1H3,(H,20,22)(H,21,25). The van der Waals surface area contributed by atoms with E-state index in [0.717, 1.165) is 11.0 Å². The van der Waals surface area contributed by atoms with E-state index in [2.05, 4.69) is 15.6 Å². The van der Waals surface area contributed by atoms with Crippen LogP contribution in [0.5, 0.6) is 0 Å². The molecular weight excluding hydrogens is 323 g/mol. The van der Waals surface area contributed by atoms with E-state index >= 15 is 0 Å². The second-order valence-electron chi connectivity index (χ2n) is 5.80. The Morgan fingerprint density at radius 1 is 1.24 bits per heavy atom. The monoisotopic (exact) mass is 342 g/mol. The van der Waals surface area contributed by atoms with Gasteiger partial charge in [0.1, 0.15) is 12.4 Å².